The van der Waals surface area contributed by atoms with Crippen LogP contribution >= 0.6 is 0 Å². The molecule has 0 radical (unpaired) electrons. The van der Waals surface area contributed by atoms with Crippen LogP contribution in [0.1, 0.15) is 23.5 Å². The highest BCUT2D eigenvalue weighted by Gasteiger charge is 2.23. The predicted molar refractivity (Wildman–Crippen MR) is 80.0 cm³/mol. The Labute approximate surface area is 125 Å². The highest BCUT2D eigenvalue weighted by atomic mass is 16.5. The number of imidazole rings is 1. The first-order valence-electron chi connectivity index (χ1n) is 7.07. The topological polar surface area (TPSA) is 89.3 Å². The Morgan fingerprint density at radius 1 is 1.50 bits per heavy atom. The zero-order valence-corrected chi connectivity index (χ0v) is 11.7. The van der Waals surface area contributed by atoms with Gasteiger partial charge in [0.25, 0.3) is 0 Å². The van der Waals surface area contributed by atoms with Gasteiger partial charge in [-0.1, -0.05) is 6.08 Å². The number of carbonyl (C=O) groups is 1. The van der Waals surface area contributed by atoms with E-state index in [0.717, 1.165) is 46.7 Å². The van der Waals surface area contributed by atoms with E-state index in [-0.39, 0.29) is 6.54 Å². The molecular weight excluding hydrogens is 284 g/mol. The van der Waals surface area contributed by atoms with E-state index in [1.165, 1.54) is 0 Å². The standard InChI is InChI=1S/C15H14N4O3/c20-15(21)17-5-9-7-22-8-13-18-12-6-16-11-4-2-1-3-10(11)14(12)19(9)13/h2,4,6-7,17H,1,3,5,8H2,(H,20,21). The van der Waals surface area contributed by atoms with Crippen LogP contribution in [0.2, 0.25) is 0 Å². The van der Waals surface area contributed by atoms with Gasteiger partial charge in [-0.05, 0) is 18.9 Å². The summed E-state index contributed by atoms with van der Waals surface area (Å²) in [4.78, 5) is 19.8. The molecule has 1 amide bonds. The Morgan fingerprint density at radius 3 is 3.27 bits per heavy atom. The molecule has 1 aliphatic carbocycles. The number of fused-ring (bicyclic) bond motifs is 5. The van der Waals surface area contributed by atoms with E-state index in [1.54, 1.807) is 12.5 Å². The zero-order valence-electron chi connectivity index (χ0n) is 11.7. The van der Waals surface area contributed by atoms with Crippen LogP contribution in [-0.2, 0) is 17.8 Å². The molecule has 4 rings (SSSR count). The van der Waals surface area contributed by atoms with E-state index in [9.17, 15) is 4.79 Å². The van der Waals surface area contributed by atoms with Gasteiger partial charge in [-0.3, -0.25) is 9.55 Å². The maximum atomic E-state index is 10.8. The molecule has 7 nitrogen and oxygen atoms in total. The van der Waals surface area contributed by atoms with Crippen molar-refractivity contribution in [3.05, 3.63) is 35.6 Å². The molecule has 22 heavy (non-hydrogen) atoms. The average molecular weight is 298 g/mol. The molecule has 112 valence electrons. The van der Waals surface area contributed by atoms with Gasteiger partial charge < -0.3 is 15.2 Å². The molecule has 0 aromatic carbocycles. The van der Waals surface area contributed by atoms with E-state index in [2.05, 4.69) is 21.4 Å². The maximum absolute atomic E-state index is 10.8. The van der Waals surface area contributed by atoms with Gasteiger partial charge in [0.2, 0.25) is 0 Å². The van der Waals surface area contributed by atoms with Crippen LogP contribution in [0.15, 0.2) is 18.5 Å². The van der Waals surface area contributed by atoms with Gasteiger partial charge in [0, 0.05) is 5.56 Å². The van der Waals surface area contributed by atoms with Crippen molar-refractivity contribution in [1.82, 2.24) is 19.9 Å². The first-order chi connectivity index (χ1) is 10.7. The van der Waals surface area contributed by atoms with Crippen molar-refractivity contribution in [3.8, 4) is 0 Å². The Bertz CT molecular complexity index is 835. The zero-order chi connectivity index (χ0) is 15.1. The highest BCUT2D eigenvalue weighted by molar-refractivity contribution is 5.86. The van der Waals surface area contributed by atoms with Crippen molar-refractivity contribution < 1.29 is 14.6 Å². The number of pyridine rings is 1. The largest absolute Gasteiger partial charge is 0.491 e. The number of allylic oxidation sites excluding steroid dienone is 1. The molecule has 0 atom stereocenters. The minimum absolute atomic E-state index is 0.167. The number of nitrogens with one attached hydrogen (secondary N) is 1. The first-order valence-corrected chi connectivity index (χ1v) is 7.07. The summed E-state index contributed by atoms with van der Waals surface area (Å²) in [7, 11) is 0. The van der Waals surface area contributed by atoms with E-state index in [1.807, 2.05) is 10.6 Å². The van der Waals surface area contributed by atoms with Crippen LogP contribution < -0.4 is 5.32 Å². The predicted octanol–water partition coefficient (Wildman–Crippen LogP) is 1.99. The lowest BCUT2D eigenvalue weighted by Crippen LogP contribution is -2.26. The van der Waals surface area contributed by atoms with Crippen LogP contribution in [0.25, 0.3) is 22.8 Å². The fourth-order valence-electron chi connectivity index (χ4n) is 2.97. The van der Waals surface area contributed by atoms with Crippen molar-refractivity contribution >= 4 is 28.9 Å². The summed E-state index contributed by atoms with van der Waals surface area (Å²) in [6.07, 6.45) is 8.30. The summed E-state index contributed by atoms with van der Waals surface area (Å²) in [5, 5.41) is 11.2. The van der Waals surface area contributed by atoms with Crippen LogP contribution in [0, 0.1) is 0 Å². The molecular formula is C15H14N4O3. The Hall–Kier alpha value is -2.83. The monoisotopic (exact) mass is 298 g/mol. The molecule has 7 heteroatoms. The molecule has 2 aliphatic rings. The van der Waals surface area contributed by atoms with Crippen molar-refractivity contribution in [2.45, 2.75) is 19.4 Å². The molecule has 0 bridgehead atoms. The van der Waals surface area contributed by atoms with Gasteiger partial charge >= 0.3 is 6.09 Å². The quantitative estimate of drug-likeness (QED) is 0.885. The lowest BCUT2D eigenvalue weighted by atomic mass is 10.0. The van der Waals surface area contributed by atoms with Crippen molar-refractivity contribution in [2.75, 3.05) is 6.54 Å². The van der Waals surface area contributed by atoms with Crippen LogP contribution in [0.3, 0.4) is 0 Å². The van der Waals surface area contributed by atoms with Crippen LogP contribution in [-0.4, -0.2) is 32.3 Å². The number of aromatic nitrogens is 3. The molecule has 0 saturated carbocycles. The second-order valence-electron chi connectivity index (χ2n) is 5.24. The molecule has 2 aromatic heterocycles. The summed E-state index contributed by atoms with van der Waals surface area (Å²) < 4.78 is 7.40. The third kappa shape index (κ3) is 1.93. The average Bonchev–Trinajstić information content (AvgIpc) is 2.92. The smallest absolute Gasteiger partial charge is 0.404 e. The number of ether oxygens (including phenoxy) is 1. The van der Waals surface area contributed by atoms with E-state index in [4.69, 9.17) is 9.84 Å². The fraction of sp³-hybridized carbons (Fsp3) is 0.267. The molecule has 0 saturated heterocycles. The molecule has 1 aliphatic heterocycles. The molecule has 2 N–H and O–H groups in total. The van der Waals surface area contributed by atoms with Gasteiger partial charge in [0.15, 0.2) is 5.82 Å². The van der Waals surface area contributed by atoms with Crippen LogP contribution in [0.5, 0.6) is 0 Å². The molecule has 2 aromatic rings. The van der Waals surface area contributed by atoms with Crippen molar-refractivity contribution in [2.24, 2.45) is 0 Å². The first kappa shape index (κ1) is 12.9. The summed E-state index contributed by atoms with van der Waals surface area (Å²) in [5.74, 6) is 0.768. The van der Waals surface area contributed by atoms with Gasteiger partial charge in [-0.25, -0.2) is 9.78 Å². The van der Waals surface area contributed by atoms with Gasteiger partial charge in [0.1, 0.15) is 18.4 Å². The Balaban J connectivity index is 1.90. The lowest BCUT2D eigenvalue weighted by molar-refractivity contribution is 0.194. The number of carboxylic acid groups (broad SMARTS) is 1. The summed E-state index contributed by atoms with van der Waals surface area (Å²) in [5.41, 5.74) is 4.66. The number of hydrogen-bond donors (Lipinski definition) is 2. The summed E-state index contributed by atoms with van der Waals surface area (Å²) in [6, 6.07) is 0. The number of aryl methyl sites for hydroxylation is 1. The summed E-state index contributed by atoms with van der Waals surface area (Å²) >= 11 is 0. The number of nitrogens with zero attached hydrogens (tertiary/aromatic N) is 3. The molecule has 0 unspecified atom stereocenters. The SMILES string of the molecule is O=C(O)NCC1=COCc2nc3cnc4c(c3n21)CCC=C4. The van der Waals surface area contributed by atoms with Gasteiger partial charge in [-0.15, -0.1) is 0 Å². The number of rotatable bonds is 2. The van der Waals surface area contributed by atoms with Gasteiger partial charge in [0.05, 0.1) is 29.6 Å². The molecule has 0 fully saturated rings. The van der Waals surface area contributed by atoms with Gasteiger partial charge in [-0.2, -0.15) is 0 Å². The normalized spacial score (nSPS) is 15.7. The maximum Gasteiger partial charge on any atom is 0.404 e. The van der Waals surface area contributed by atoms with E-state index in [0.29, 0.717) is 6.61 Å². The summed E-state index contributed by atoms with van der Waals surface area (Å²) in [6.45, 7) is 0.538. The van der Waals surface area contributed by atoms with Crippen LogP contribution in [0.4, 0.5) is 4.79 Å². The third-order valence-corrected chi connectivity index (χ3v) is 3.87. The number of hydrogen-bond acceptors (Lipinski definition) is 4. The van der Waals surface area contributed by atoms with E-state index >= 15 is 0 Å². The second kappa shape index (κ2) is 4.87. The fourth-order valence-corrected chi connectivity index (χ4v) is 2.97. The third-order valence-electron chi connectivity index (χ3n) is 3.87. The van der Waals surface area contributed by atoms with E-state index < -0.39 is 6.09 Å². The molecule has 0 spiro atoms. The minimum atomic E-state index is -1.07. The second-order valence-corrected chi connectivity index (χ2v) is 5.24. The van der Waals surface area contributed by atoms with Crippen molar-refractivity contribution in [3.63, 3.8) is 0 Å². The Kier molecular flexibility index (Phi) is 2.85. The molecule has 3 heterocycles. The Morgan fingerprint density at radius 2 is 2.41 bits per heavy atom. The number of amides is 1. The van der Waals surface area contributed by atoms with Crippen molar-refractivity contribution in [1.29, 1.82) is 0 Å². The minimum Gasteiger partial charge on any atom is -0.491 e. The lowest BCUT2D eigenvalue weighted by Gasteiger charge is -2.20. The highest BCUT2D eigenvalue weighted by Crippen LogP contribution is 2.31.